The lowest BCUT2D eigenvalue weighted by Crippen LogP contribution is -2.89. The first kappa shape index (κ1) is 16.9. The van der Waals surface area contributed by atoms with E-state index >= 15 is 0 Å². The number of carbonyl (C=O) groups is 1. The standard InChI is InChI=1S/C18H20BrNO2/c1-3-22-18(14-9-11-15(19)12-10-14)16(20-2)17(21)13-7-5-4-6-8-13/h4-12,16,18,20H,3H2,1-2H3/p+1/t16-,18-/m1/s1. The molecule has 0 aliphatic rings. The van der Waals surface area contributed by atoms with E-state index < -0.39 is 0 Å². The van der Waals surface area contributed by atoms with Gasteiger partial charge in [0.25, 0.3) is 0 Å². The first-order chi connectivity index (χ1) is 10.7. The maximum absolute atomic E-state index is 12.8. The van der Waals surface area contributed by atoms with Crippen LogP contribution in [0.3, 0.4) is 0 Å². The predicted octanol–water partition coefficient (Wildman–Crippen LogP) is 2.97. The van der Waals surface area contributed by atoms with Gasteiger partial charge in [0.15, 0.2) is 6.04 Å². The Bertz CT molecular complexity index is 598. The van der Waals surface area contributed by atoms with E-state index in [1.165, 1.54) is 0 Å². The van der Waals surface area contributed by atoms with Crippen LogP contribution in [0, 0.1) is 0 Å². The molecule has 22 heavy (non-hydrogen) atoms. The second-order valence-electron chi connectivity index (χ2n) is 5.02. The fraction of sp³-hybridized carbons (Fsp3) is 0.278. The van der Waals surface area contributed by atoms with Gasteiger partial charge in [-0.25, -0.2) is 0 Å². The first-order valence-electron chi connectivity index (χ1n) is 7.43. The normalized spacial score (nSPS) is 13.6. The van der Waals surface area contributed by atoms with Crippen LogP contribution in [0.2, 0.25) is 0 Å². The molecule has 0 saturated carbocycles. The monoisotopic (exact) mass is 362 g/mol. The molecule has 2 aromatic rings. The summed E-state index contributed by atoms with van der Waals surface area (Å²) in [7, 11) is 1.91. The van der Waals surface area contributed by atoms with Crippen molar-refractivity contribution in [2.45, 2.75) is 19.1 Å². The number of rotatable bonds is 7. The van der Waals surface area contributed by atoms with Gasteiger partial charge in [0.1, 0.15) is 6.10 Å². The molecule has 0 bridgehead atoms. The fourth-order valence-corrected chi connectivity index (χ4v) is 2.76. The summed E-state index contributed by atoms with van der Waals surface area (Å²) >= 11 is 3.44. The summed E-state index contributed by atoms with van der Waals surface area (Å²) in [5, 5.41) is 1.93. The predicted molar refractivity (Wildman–Crippen MR) is 90.9 cm³/mol. The second kappa shape index (κ2) is 8.22. The maximum atomic E-state index is 12.8. The van der Waals surface area contributed by atoms with Crippen molar-refractivity contribution in [3.63, 3.8) is 0 Å². The Hall–Kier alpha value is -1.49. The Morgan fingerprint density at radius 2 is 1.77 bits per heavy atom. The number of hydrogen-bond donors (Lipinski definition) is 1. The van der Waals surface area contributed by atoms with E-state index in [4.69, 9.17) is 4.74 Å². The number of quaternary nitrogens is 1. The Morgan fingerprint density at radius 1 is 1.14 bits per heavy atom. The molecule has 3 nitrogen and oxygen atoms in total. The van der Waals surface area contributed by atoms with Crippen molar-refractivity contribution in [3.05, 3.63) is 70.2 Å². The van der Waals surface area contributed by atoms with Crippen LogP contribution in [-0.4, -0.2) is 25.5 Å². The third-order valence-corrected chi connectivity index (χ3v) is 4.12. The number of halogens is 1. The minimum absolute atomic E-state index is 0.0875. The summed E-state index contributed by atoms with van der Waals surface area (Å²) < 4.78 is 6.91. The molecule has 116 valence electrons. The molecule has 0 aliphatic carbocycles. The van der Waals surface area contributed by atoms with E-state index in [1.54, 1.807) is 0 Å². The summed E-state index contributed by atoms with van der Waals surface area (Å²) in [4.78, 5) is 12.8. The molecular formula is C18H21BrNO2+. The highest BCUT2D eigenvalue weighted by Crippen LogP contribution is 2.24. The molecule has 0 fully saturated rings. The minimum Gasteiger partial charge on any atom is -0.367 e. The smallest absolute Gasteiger partial charge is 0.222 e. The second-order valence-corrected chi connectivity index (χ2v) is 5.93. The maximum Gasteiger partial charge on any atom is 0.222 e. The van der Waals surface area contributed by atoms with Crippen molar-refractivity contribution in [3.8, 4) is 0 Å². The van der Waals surface area contributed by atoms with Crippen LogP contribution in [0.1, 0.15) is 28.9 Å². The molecule has 0 saturated heterocycles. The number of likely N-dealkylation sites (N-methyl/N-ethyl adjacent to an activating group) is 1. The van der Waals surface area contributed by atoms with Crippen molar-refractivity contribution in [2.24, 2.45) is 0 Å². The van der Waals surface area contributed by atoms with Crippen molar-refractivity contribution in [2.75, 3.05) is 13.7 Å². The average Bonchev–Trinajstić information content (AvgIpc) is 2.56. The van der Waals surface area contributed by atoms with Crippen LogP contribution in [0.5, 0.6) is 0 Å². The molecule has 2 aromatic carbocycles. The fourth-order valence-electron chi connectivity index (χ4n) is 2.50. The highest BCUT2D eigenvalue weighted by atomic mass is 79.9. The molecule has 4 heteroatoms. The summed E-state index contributed by atoms with van der Waals surface area (Å²) in [5.74, 6) is 0.0875. The molecule has 0 radical (unpaired) electrons. The summed E-state index contributed by atoms with van der Waals surface area (Å²) in [6.45, 7) is 2.51. The van der Waals surface area contributed by atoms with Gasteiger partial charge in [0.05, 0.1) is 7.05 Å². The zero-order valence-electron chi connectivity index (χ0n) is 12.8. The number of Topliss-reactive ketones (excluding diaryl/α,β-unsaturated/α-hetero) is 1. The molecule has 2 rings (SSSR count). The van der Waals surface area contributed by atoms with Crippen LogP contribution < -0.4 is 5.32 Å². The van der Waals surface area contributed by atoms with E-state index in [0.717, 1.165) is 10.0 Å². The molecule has 0 amide bonds. The van der Waals surface area contributed by atoms with Crippen LogP contribution in [-0.2, 0) is 4.74 Å². The van der Waals surface area contributed by atoms with Crippen LogP contribution >= 0.6 is 15.9 Å². The highest BCUT2D eigenvalue weighted by Gasteiger charge is 2.33. The van der Waals surface area contributed by atoms with Crippen molar-refractivity contribution in [1.82, 2.24) is 0 Å². The van der Waals surface area contributed by atoms with Gasteiger partial charge in [0, 0.05) is 16.6 Å². The summed E-state index contributed by atoms with van der Waals surface area (Å²) in [6.07, 6.45) is -0.268. The topological polar surface area (TPSA) is 42.9 Å². The molecule has 0 unspecified atom stereocenters. The molecular weight excluding hydrogens is 342 g/mol. The van der Waals surface area contributed by atoms with E-state index in [1.807, 2.05) is 73.9 Å². The Labute approximate surface area is 139 Å². The zero-order valence-corrected chi connectivity index (χ0v) is 14.4. The average molecular weight is 363 g/mol. The third kappa shape index (κ3) is 4.03. The molecule has 2 N–H and O–H groups in total. The number of carbonyl (C=O) groups excluding carboxylic acids is 1. The van der Waals surface area contributed by atoms with E-state index in [-0.39, 0.29) is 17.9 Å². The van der Waals surface area contributed by atoms with Gasteiger partial charge in [-0.1, -0.05) is 58.4 Å². The quantitative estimate of drug-likeness (QED) is 0.769. The molecule has 0 aliphatic heterocycles. The lowest BCUT2D eigenvalue weighted by molar-refractivity contribution is -0.658. The van der Waals surface area contributed by atoms with Crippen molar-refractivity contribution < 1.29 is 14.8 Å². The molecule has 2 atom stereocenters. The molecule has 0 spiro atoms. The SMILES string of the molecule is CCO[C@H](c1ccc(Br)cc1)[C@H]([NH2+]C)C(=O)c1ccccc1. The van der Waals surface area contributed by atoms with Gasteiger partial charge in [-0.15, -0.1) is 0 Å². The number of ether oxygens (including phenoxy) is 1. The van der Waals surface area contributed by atoms with Gasteiger partial charge in [-0.05, 0) is 24.6 Å². The Morgan fingerprint density at radius 3 is 2.32 bits per heavy atom. The van der Waals surface area contributed by atoms with Crippen molar-refractivity contribution >= 4 is 21.7 Å². The van der Waals surface area contributed by atoms with Gasteiger partial charge in [0.2, 0.25) is 5.78 Å². The van der Waals surface area contributed by atoms with Crippen molar-refractivity contribution in [1.29, 1.82) is 0 Å². The van der Waals surface area contributed by atoms with Gasteiger partial charge in [-0.3, -0.25) is 4.79 Å². The molecule has 0 aromatic heterocycles. The van der Waals surface area contributed by atoms with E-state index in [2.05, 4.69) is 15.9 Å². The number of benzene rings is 2. The lowest BCUT2D eigenvalue weighted by atomic mass is 9.95. The molecule has 0 heterocycles. The van der Waals surface area contributed by atoms with E-state index in [9.17, 15) is 4.79 Å². The Balaban J connectivity index is 2.31. The third-order valence-electron chi connectivity index (χ3n) is 3.59. The summed E-state index contributed by atoms with van der Waals surface area (Å²) in [5.41, 5.74) is 1.73. The van der Waals surface area contributed by atoms with Gasteiger partial charge in [-0.2, -0.15) is 0 Å². The van der Waals surface area contributed by atoms with Gasteiger partial charge < -0.3 is 10.1 Å². The first-order valence-corrected chi connectivity index (χ1v) is 8.22. The zero-order chi connectivity index (χ0) is 15.9. The largest absolute Gasteiger partial charge is 0.367 e. The van der Waals surface area contributed by atoms with Gasteiger partial charge >= 0.3 is 0 Å². The van der Waals surface area contributed by atoms with Crippen LogP contribution in [0.25, 0.3) is 0 Å². The highest BCUT2D eigenvalue weighted by molar-refractivity contribution is 9.10. The summed E-state index contributed by atoms with van der Waals surface area (Å²) in [6, 6.07) is 17.0. The Kier molecular flexibility index (Phi) is 6.31. The lowest BCUT2D eigenvalue weighted by Gasteiger charge is -2.23. The number of nitrogens with two attached hydrogens (primary N) is 1. The number of ketones is 1. The number of hydrogen-bond acceptors (Lipinski definition) is 2. The van der Waals surface area contributed by atoms with E-state index in [0.29, 0.717) is 12.2 Å². The minimum atomic E-state index is -0.302. The van der Waals surface area contributed by atoms with Crippen LogP contribution in [0.4, 0.5) is 0 Å². The van der Waals surface area contributed by atoms with Crippen LogP contribution in [0.15, 0.2) is 59.1 Å².